The smallest absolute Gasteiger partial charge is 0.314 e. The fourth-order valence-electron chi connectivity index (χ4n) is 3.05. The van der Waals surface area contributed by atoms with E-state index in [4.69, 9.17) is 0 Å². The summed E-state index contributed by atoms with van der Waals surface area (Å²) >= 11 is 0. The molecule has 8 heteroatoms. The molecule has 1 atom stereocenters. The van der Waals surface area contributed by atoms with Crippen LogP contribution >= 0.6 is 0 Å². The molecule has 0 bridgehead atoms. The summed E-state index contributed by atoms with van der Waals surface area (Å²) < 4.78 is 28.7. The second kappa shape index (κ2) is 7.73. The molecule has 0 amide bonds. The van der Waals surface area contributed by atoms with Crippen molar-refractivity contribution in [2.24, 2.45) is 5.92 Å². The lowest BCUT2D eigenvalue weighted by Crippen LogP contribution is -2.32. The first kappa shape index (κ1) is 20.0. The minimum atomic E-state index is -3.85. The topological polar surface area (TPSA) is 112 Å². The van der Waals surface area contributed by atoms with E-state index in [1.54, 1.807) is 0 Å². The van der Waals surface area contributed by atoms with E-state index in [1.807, 2.05) is 38.1 Å². The van der Waals surface area contributed by atoms with E-state index in [9.17, 15) is 18.0 Å². The van der Waals surface area contributed by atoms with Gasteiger partial charge in [-0.3, -0.25) is 9.59 Å². The van der Waals surface area contributed by atoms with Crippen LogP contribution in [0, 0.1) is 5.92 Å². The molecule has 0 aliphatic carbocycles. The fourth-order valence-corrected chi connectivity index (χ4v) is 4.44. The highest BCUT2D eigenvalue weighted by Crippen LogP contribution is 2.25. The van der Waals surface area contributed by atoms with Gasteiger partial charge >= 0.3 is 11.1 Å². The zero-order chi connectivity index (χ0) is 20.5. The van der Waals surface area contributed by atoms with Crippen molar-refractivity contribution in [3.05, 3.63) is 74.3 Å². The first-order chi connectivity index (χ1) is 13.2. The van der Waals surface area contributed by atoms with Crippen LogP contribution < -0.4 is 15.8 Å². The largest absolute Gasteiger partial charge is 0.316 e. The molecule has 3 rings (SSSR count). The number of hydrogen-bond donors (Lipinski definition) is 3. The third kappa shape index (κ3) is 4.07. The molecule has 1 aromatic heterocycles. The van der Waals surface area contributed by atoms with E-state index < -0.39 is 27.2 Å². The van der Waals surface area contributed by atoms with Crippen molar-refractivity contribution in [2.75, 3.05) is 0 Å². The standard InChI is InChI=1S/C20H23N3O4S/c1-4-13-5-7-14(8-6-13)18(12(2)3)23-28(26,27)15-9-10-16-17(11-15)22-20(25)19(24)21-16/h5-12,18,23H,4H2,1-3H3,(H,21,24)(H,22,25). The van der Waals surface area contributed by atoms with Crippen molar-refractivity contribution in [1.82, 2.24) is 14.7 Å². The molecule has 3 N–H and O–H groups in total. The second-order valence-corrected chi connectivity index (χ2v) is 8.77. The van der Waals surface area contributed by atoms with Crippen LogP contribution in [0.25, 0.3) is 11.0 Å². The Morgan fingerprint density at radius 2 is 1.54 bits per heavy atom. The first-order valence-electron chi connectivity index (χ1n) is 9.09. The van der Waals surface area contributed by atoms with Crippen LogP contribution in [0.5, 0.6) is 0 Å². The molecule has 2 aromatic carbocycles. The van der Waals surface area contributed by atoms with Gasteiger partial charge in [-0.1, -0.05) is 45.0 Å². The van der Waals surface area contributed by atoms with Gasteiger partial charge in [-0.05, 0) is 41.7 Å². The summed E-state index contributed by atoms with van der Waals surface area (Å²) in [4.78, 5) is 27.8. The zero-order valence-corrected chi connectivity index (χ0v) is 16.8. The lowest BCUT2D eigenvalue weighted by atomic mass is 9.96. The Hall–Kier alpha value is -2.71. The number of rotatable bonds is 6. The molecule has 0 fully saturated rings. The number of aromatic amines is 2. The van der Waals surface area contributed by atoms with Gasteiger partial charge in [0.15, 0.2) is 0 Å². The van der Waals surface area contributed by atoms with Gasteiger partial charge < -0.3 is 9.97 Å². The number of aromatic nitrogens is 2. The van der Waals surface area contributed by atoms with Gasteiger partial charge in [0.05, 0.1) is 15.9 Å². The highest BCUT2D eigenvalue weighted by Gasteiger charge is 2.24. The predicted octanol–water partition coefficient (Wildman–Crippen LogP) is 2.45. The monoisotopic (exact) mass is 401 g/mol. The zero-order valence-electron chi connectivity index (χ0n) is 15.9. The molecule has 0 aliphatic rings. The number of fused-ring (bicyclic) bond motifs is 1. The van der Waals surface area contributed by atoms with Crippen LogP contribution in [0.15, 0.2) is 56.9 Å². The van der Waals surface area contributed by atoms with Gasteiger partial charge in [0.2, 0.25) is 10.0 Å². The number of sulfonamides is 1. The Morgan fingerprint density at radius 3 is 2.11 bits per heavy atom. The van der Waals surface area contributed by atoms with Gasteiger partial charge in [-0.2, -0.15) is 0 Å². The van der Waals surface area contributed by atoms with E-state index in [2.05, 4.69) is 21.6 Å². The lowest BCUT2D eigenvalue weighted by molar-refractivity contribution is 0.463. The minimum absolute atomic E-state index is 0.0125. The summed E-state index contributed by atoms with van der Waals surface area (Å²) in [5.74, 6) is 0.0267. The number of H-pyrrole nitrogens is 2. The average Bonchev–Trinajstić information content (AvgIpc) is 2.66. The summed E-state index contributed by atoms with van der Waals surface area (Å²) in [5.41, 5.74) is 1.07. The van der Waals surface area contributed by atoms with Crippen molar-refractivity contribution >= 4 is 21.1 Å². The summed E-state index contributed by atoms with van der Waals surface area (Å²) in [5, 5.41) is 0. The highest BCUT2D eigenvalue weighted by atomic mass is 32.2. The predicted molar refractivity (Wildman–Crippen MR) is 109 cm³/mol. The van der Waals surface area contributed by atoms with Crippen LogP contribution in [0.2, 0.25) is 0 Å². The van der Waals surface area contributed by atoms with Crippen LogP contribution in [-0.4, -0.2) is 18.4 Å². The van der Waals surface area contributed by atoms with Gasteiger partial charge in [0.25, 0.3) is 0 Å². The van der Waals surface area contributed by atoms with Gasteiger partial charge in [0, 0.05) is 6.04 Å². The maximum absolute atomic E-state index is 13.0. The minimum Gasteiger partial charge on any atom is -0.316 e. The maximum Gasteiger partial charge on any atom is 0.314 e. The first-order valence-corrected chi connectivity index (χ1v) is 10.6. The van der Waals surface area contributed by atoms with Crippen LogP contribution in [0.3, 0.4) is 0 Å². The number of benzene rings is 2. The second-order valence-electron chi connectivity index (χ2n) is 7.05. The van der Waals surface area contributed by atoms with Crippen molar-refractivity contribution in [3.8, 4) is 0 Å². The molecule has 3 aromatic rings. The van der Waals surface area contributed by atoms with Crippen molar-refractivity contribution in [1.29, 1.82) is 0 Å². The average molecular weight is 401 g/mol. The summed E-state index contributed by atoms with van der Waals surface area (Å²) in [7, 11) is -3.85. The van der Waals surface area contributed by atoms with E-state index in [0.717, 1.165) is 12.0 Å². The molecule has 0 aliphatic heterocycles. The molecular weight excluding hydrogens is 378 g/mol. The molecular formula is C20H23N3O4S. The third-order valence-electron chi connectivity index (χ3n) is 4.70. The van der Waals surface area contributed by atoms with Gasteiger partial charge in [-0.25, -0.2) is 13.1 Å². The van der Waals surface area contributed by atoms with Crippen molar-refractivity contribution in [3.63, 3.8) is 0 Å². The number of hydrogen-bond acceptors (Lipinski definition) is 4. The lowest BCUT2D eigenvalue weighted by Gasteiger charge is -2.23. The van der Waals surface area contributed by atoms with Crippen molar-refractivity contribution < 1.29 is 8.42 Å². The van der Waals surface area contributed by atoms with Crippen LogP contribution in [0.1, 0.15) is 37.9 Å². The molecule has 148 valence electrons. The molecule has 0 spiro atoms. The number of nitrogens with one attached hydrogen (secondary N) is 3. The van der Waals surface area contributed by atoms with Crippen molar-refractivity contribution in [2.45, 2.75) is 38.1 Å². The Bertz CT molecular complexity index is 1210. The summed E-state index contributed by atoms with van der Waals surface area (Å²) in [6.07, 6.45) is 0.912. The SMILES string of the molecule is CCc1ccc(C(NS(=O)(=O)c2ccc3[nH]c(=O)c(=O)[nH]c3c2)C(C)C)cc1. The molecule has 0 saturated heterocycles. The van der Waals surface area contributed by atoms with E-state index in [-0.39, 0.29) is 16.3 Å². The Morgan fingerprint density at radius 1 is 0.929 bits per heavy atom. The highest BCUT2D eigenvalue weighted by molar-refractivity contribution is 7.89. The fraction of sp³-hybridized carbons (Fsp3) is 0.300. The van der Waals surface area contributed by atoms with E-state index >= 15 is 0 Å². The normalized spacial score (nSPS) is 13.1. The third-order valence-corrected chi connectivity index (χ3v) is 6.14. The molecule has 0 saturated carbocycles. The Kier molecular flexibility index (Phi) is 5.53. The molecule has 1 unspecified atom stereocenters. The molecule has 0 radical (unpaired) electrons. The maximum atomic E-state index is 13.0. The van der Waals surface area contributed by atoms with Gasteiger partial charge in [-0.15, -0.1) is 0 Å². The van der Waals surface area contributed by atoms with Crippen LogP contribution in [-0.2, 0) is 16.4 Å². The van der Waals surface area contributed by atoms with Crippen LogP contribution in [0.4, 0.5) is 0 Å². The van der Waals surface area contributed by atoms with Gasteiger partial charge in [0.1, 0.15) is 0 Å². The summed E-state index contributed by atoms with van der Waals surface area (Å²) in [6.45, 7) is 5.96. The molecule has 28 heavy (non-hydrogen) atoms. The molecule has 7 nitrogen and oxygen atoms in total. The summed E-state index contributed by atoms with van der Waals surface area (Å²) in [6, 6.07) is 11.7. The van der Waals surface area contributed by atoms with E-state index in [0.29, 0.717) is 5.52 Å². The molecule has 1 heterocycles. The Balaban J connectivity index is 1.98. The Labute approximate surface area is 162 Å². The quantitative estimate of drug-likeness (QED) is 0.551. The van der Waals surface area contributed by atoms with E-state index in [1.165, 1.54) is 23.8 Å². The number of aryl methyl sites for hydroxylation is 1.